The highest BCUT2D eigenvalue weighted by Gasteiger charge is 2.06. The first-order chi connectivity index (χ1) is 6.00. The summed E-state index contributed by atoms with van der Waals surface area (Å²) in [6.45, 7) is 1.81. The third-order valence-corrected chi connectivity index (χ3v) is 2.12. The van der Waals surface area contributed by atoms with Crippen LogP contribution in [0.3, 0.4) is 0 Å². The number of hydrogen-bond acceptors (Lipinski definition) is 2. The van der Waals surface area contributed by atoms with E-state index in [1.165, 1.54) is 0 Å². The van der Waals surface area contributed by atoms with Gasteiger partial charge in [0.15, 0.2) is 0 Å². The number of nitrogens with two attached hydrogens (primary N) is 1. The number of carboxylic acid groups (broad SMARTS) is 1. The first kappa shape index (κ1) is 9.86. The molecule has 0 bridgehead atoms. The van der Waals surface area contributed by atoms with Crippen molar-refractivity contribution in [1.82, 2.24) is 0 Å². The zero-order valence-electron chi connectivity index (χ0n) is 7.17. The number of aryl methyl sites for hydroxylation is 1. The molecule has 0 saturated carbocycles. The van der Waals surface area contributed by atoms with E-state index in [0.717, 1.165) is 5.56 Å². The van der Waals surface area contributed by atoms with Crippen molar-refractivity contribution in [2.75, 3.05) is 5.73 Å². The minimum atomic E-state index is -0.871. The summed E-state index contributed by atoms with van der Waals surface area (Å²) in [5.41, 5.74) is 7.57. The number of anilines is 1. The average Bonchev–Trinajstić information content (AvgIpc) is 1.99. The molecule has 0 aliphatic heterocycles. The van der Waals surface area contributed by atoms with E-state index < -0.39 is 5.97 Å². The fourth-order valence-electron chi connectivity index (χ4n) is 1.10. The molecule has 0 radical (unpaired) electrons. The number of carbonyl (C=O) groups is 1. The van der Waals surface area contributed by atoms with Crippen molar-refractivity contribution < 1.29 is 9.90 Å². The van der Waals surface area contributed by atoms with Crippen molar-refractivity contribution in [3.8, 4) is 0 Å². The van der Waals surface area contributed by atoms with Crippen LogP contribution < -0.4 is 5.73 Å². The molecular formula is C9H10ClNO2. The van der Waals surface area contributed by atoms with Crippen LogP contribution in [0.15, 0.2) is 12.1 Å². The predicted molar refractivity (Wildman–Crippen MR) is 51.9 cm³/mol. The first-order valence-electron chi connectivity index (χ1n) is 3.77. The zero-order valence-corrected chi connectivity index (χ0v) is 7.93. The zero-order chi connectivity index (χ0) is 10.0. The lowest BCUT2D eigenvalue weighted by molar-refractivity contribution is -0.136. The summed E-state index contributed by atoms with van der Waals surface area (Å²) in [6.07, 6.45) is -0.0220. The van der Waals surface area contributed by atoms with E-state index in [-0.39, 0.29) is 6.42 Å². The summed E-state index contributed by atoms with van der Waals surface area (Å²) in [5, 5.41) is 8.98. The Morgan fingerprint density at radius 2 is 2.23 bits per heavy atom. The minimum Gasteiger partial charge on any atom is -0.481 e. The van der Waals surface area contributed by atoms with Crippen LogP contribution in [0.4, 0.5) is 5.69 Å². The molecule has 13 heavy (non-hydrogen) atoms. The predicted octanol–water partition coefficient (Wildman–Crippen LogP) is 1.86. The molecule has 1 aromatic carbocycles. The van der Waals surface area contributed by atoms with Gasteiger partial charge in [-0.25, -0.2) is 0 Å². The largest absolute Gasteiger partial charge is 0.481 e. The Kier molecular flexibility index (Phi) is 2.78. The lowest BCUT2D eigenvalue weighted by Crippen LogP contribution is -2.02. The monoisotopic (exact) mass is 199 g/mol. The second-order valence-corrected chi connectivity index (χ2v) is 3.28. The van der Waals surface area contributed by atoms with Gasteiger partial charge < -0.3 is 10.8 Å². The molecule has 0 spiro atoms. The van der Waals surface area contributed by atoms with Gasteiger partial charge >= 0.3 is 5.97 Å². The number of benzene rings is 1. The van der Waals surface area contributed by atoms with Crippen LogP contribution in [0, 0.1) is 6.92 Å². The molecule has 0 fully saturated rings. The normalized spacial score (nSPS) is 10.0. The molecule has 3 nitrogen and oxygen atoms in total. The van der Waals surface area contributed by atoms with Crippen molar-refractivity contribution in [3.05, 3.63) is 28.3 Å². The fraction of sp³-hybridized carbons (Fsp3) is 0.222. The van der Waals surface area contributed by atoms with Gasteiger partial charge in [0.05, 0.1) is 17.1 Å². The summed E-state index contributed by atoms with van der Waals surface area (Å²) in [7, 11) is 0. The SMILES string of the molecule is Cc1cc(N)c(Cl)cc1CC(=O)O. The van der Waals surface area contributed by atoms with Gasteiger partial charge in [0.2, 0.25) is 0 Å². The van der Waals surface area contributed by atoms with Crippen LogP contribution in [0.25, 0.3) is 0 Å². The van der Waals surface area contributed by atoms with Gasteiger partial charge in [-0.15, -0.1) is 0 Å². The van der Waals surface area contributed by atoms with Gasteiger partial charge in [-0.2, -0.15) is 0 Å². The average molecular weight is 200 g/mol. The van der Waals surface area contributed by atoms with Gasteiger partial charge in [-0.1, -0.05) is 11.6 Å². The third-order valence-electron chi connectivity index (χ3n) is 1.80. The Balaban J connectivity index is 3.08. The fourth-order valence-corrected chi connectivity index (χ4v) is 1.28. The number of halogens is 1. The first-order valence-corrected chi connectivity index (χ1v) is 4.15. The van der Waals surface area contributed by atoms with Crippen LogP contribution in [0.1, 0.15) is 11.1 Å². The molecule has 70 valence electrons. The Labute approximate surface area is 81.1 Å². The summed E-state index contributed by atoms with van der Waals surface area (Å²) in [6, 6.07) is 3.28. The molecule has 0 heterocycles. The molecule has 0 atom stereocenters. The van der Waals surface area contributed by atoms with Gasteiger partial charge in [-0.3, -0.25) is 4.79 Å². The van der Waals surface area contributed by atoms with Crippen molar-refractivity contribution in [3.63, 3.8) is 0 Å². The third kappa shape index (κ3) is 2.36. The van der Waals surface area contributed by atoms with E-state index in [4.69, 9.17) is 22.4 Å². The maximum atomic E-state index is 10.4. The molecular weight excluding hydrogens is 190 g/mol. The van der Waals surface area contributed by atoms with Crippen LogP contribution in [0.5, 0.6) is 0 Å². The molecule has 3 N–H and O–H groups in total. The number of aliphatic carboxylic acids is 1. The molecule has 0 aliphatic rings. The maximum absolute atomic E-state index is 10.4. The Hall–Kier alpha value is -1.22. The van der Waals surface area contributed by atoms with Gasteiger partial charge in [-0.05, 0) is 30.2 Å². The molecule has 0 saturated heterocycles. The molecule has 4 heteroatoms. The maximum Gasteiger partial charge on any atom is 0.307 e. The standard InChI is InChI=1S/C9H10ClNO2/c1-5-2-8(11)7(10)3-6(5)4-9(12)13/h2-3H,4,11H2,1H3,(H,12,13). The molecule has 0 aromatic heterocycles. The van der Waals surface area contributed by atoms with Crippen molar-refractivity contribution in [1.29, 1.82) is 0 Å². The Morgan fingerprint density at radius 3 is 2.77 bits per heavy atom. The molecule has 0 unspecified atom stereocenters. The second kappa shape index (κ2) is 3.66. The van der Waals surface area contributed by atoms with E-state index >= 15 is 0 Å². The van der Waals surface area contributed by atoms with E-state index in [9.17, 15) is 4.79 Å². The smallest absolute Gasteiger partial charge is 0.307 e. The van der Waals surface area contributed by atoms with Gasteiger partial charge in [0.1, 0.15) is 0 Å². The minimum absolute atomic E-state index is 0.0220. The Bertz CT molecular complexity index is 350. The van der Waals surface area contributed by atoms with E-state index in [0.29, 0.717) is 16.3 Å². The van der Waals surface area contributed by atoms with Crippen molar-refractivity contribution in [2.24, 2.45) is 0 Å². The van der Waals surface area contributed by atoms with E-state index in [1.807, 2.05) is 6.92 Å². The van der Waals surface area contributed by atoms with Crippen LogP contribution >= 0.6 is 11.6 Å². The molecule has 1 aromatic rings. The summed E-state index contributed by atoms with van der Waals surface area (Å²) in [4.78, 5) is 10.4. The number of nitrogen functional groups attached to an aromatic ring is 1. The number of rotatable bonds is 2. The van der Waals surface area contributed by atoms with Crippen LogP contribution in [0.2, 0.25) is 5.02 Å². The quantitative estimate of drug-likeness (QED) is 0.715. The summed E-state index contributed by atoms with van der Waals surface area (Å²) < 4.78 is 0. The summed E-state index contributed by atoms with van der Waals surface area (Å²) >= 11 is 5.75. The van der Waals surface area contributed by atoms with Gasteiger partial charge in [0.25, 0.3) is 0 Å². The molecule has 0 aliphatic carbocycles. The highest BCUT2D eigenvalue weighted by atomic mass is 35.5. The van der Waals surface area contributed by atoms with Gasteiger partial charge in [0, 0.05) is 0 Å². The highest BCUT2D eigenvalue weighted by Crippen LogP contribution is 2.23. The van der Waals surface area contributed by atoms with Crippen molar-refractivity contribution in [2.45, 2.75) is 13.3 Å². The molecule has 1 rings (SSSR count). The van der Waals surface area contributed by atoms with E-state index in [2.05, 4.69) is 0 Å². The van der Waals surface area contributed by atoms with Crippen molar-refractivity contribution >= 4 is 23.3 Å². The van der Waals surface area contributed by atoms with Crippen LogP contribution in [-0.2, 0) is 11.2 Å². The lowest BCUT2D eigenvalue weighted by atomic mass is 10.1. The van der Waals surface area contributed by atoms with Crippen LogP contribution in [-0.4, -0.2) is 11.1 Å². The highest BCUT2D eigenvalue weighted by molar-refractivity contribution is 6.33. The van der Waals surface area contributed by atoms with E-state index in [1.54, 1.807) is 12.1 Å². The number of hydrogen-bond donors (Lipinski definition) is 2. The lowest BCUT2D eigenvalue weighted by Gasteiger charge is -2.05. The summed E-state index contributed by atoms with van der Waals surface area (Å²) in [5.74, 6) is -0.871. The number of carboxylic acids is 1. The second-order valence-electron chi connectivity index (χ2n) is 2.87. The Morgan fingerprint density at radius 1 is 1.62 bits per heavy atom. The topological polar surface area (TPSA) is 63.3 Å². The molecule has 0 amide bonds.